The Morgan fingerprint density at radius 3 is 2.52 bits per heavy atom. The third kappa shape index (κ3) is 3.57. The normalized spacial score (nSPS) is 21.7. The highest BCUT2D eigenvalue weighted by molar-refractivity contribution is 6.30. The molecule has 0 spiro atoms. The fraction of sp³-hybridized carbons (Fsp3) is 0.429. The molecule has 0 saturated heterocycles. The van der Waals surface area contributed by atoms with Gasteiger partial charge in [-0.15, -0.1) is 0 Å². The summed E-state index contributed by atoms with van der Waals surface area (Å²) in [6.07, 6.45) is -0.478. The molecule has 0 fully saturated rings. The summed E-state index contributed by atoms with van der Waals surface area (Å²) >= 11 is 6.15. The average Bonchev–Trinajstić information content (AvgIpc) is 2.87. The van der Waals surface area contributed by atoms with Crippen LogP contribution in [0, 0.1) is 5.82 Å². The van der Waals surface area contributed by atoms with Crippen molar-refractivity contribution in [2.24, 2.45) is 0 Å². The van der Waals surface area contributed by atoms with Crippen LogP contribution in [0.5, 0.6) is 0 Å². The summed E-state index contributed by atoms with van der Waals surface area (Å²) in [4.78, 5) is 4.04. The van der Waals surface area contributed by atoms with Crippen LogP contribution >= 0.6 is 11.6 Å². The first-order valence-electron chi connectivity index (χ1n) is 9.37. The summed E-state index contributed by atoms with van der Waals surface area (Å²) in [6, 6.07) is 11.1. The van der Waals surface area contributed by atoms with Crippen LogP contribution in [-0.2, 0) is 5.60 Å². The van der Waals surface area contributed by atoms with E-state index in [4.69, 9.17) is 11.6 Å². The number of hydrogen-bond acceptors (Lipinski definition) is 4. The highest BCUT2D eigenvalue weighted by Crippen LogP contribution is 2.48. The van der Waals surface area contributed by atoms with Crippen LogP contribution in [-0.4, -0.2) is 47.5 Å². The fourth-order valence-corrected chi connectivity index (χ4v) is 4.03. The number of fused-ring (bicyclic) bond motifs is 1. The molecule has 0 amide bonds. The molecular weight excluding hydrogens is 367 g/mol. The minimum Gasteiger partial charge on any atom is -0.375 e. The summed E-state index contributed by atoms with van der Waals surface area (Å²) in [5.41, 5.74) is -0.722. The molecule has 2 aromatic carbocycles. The number of nitrogens with zero attached hydrogens (tertiary/aromatic N) is 2. The standard InChI is InChI=1S/C21H26ClFN2O2/c1-3-24(4-2)12-7-13-25-19-11-10-15(22)14-17(19)21(27,20(25)26)16-8-5-6-9-18(16)23/h5-6,8-11,14,20,26-27H,3-4,7,12-13H2,1-2H3. The van der Waals surface area contributed by atoms with E-state index in [1.54, 1.807) is 35.2 Å². The first-order valence-corrected chi connectivity index (χ1v) is 9.75. The van der Waals surface area contributed by atoms with Gasteiger partial charge in [0.05, 0.1) is 0 Å². The molecule has 6 heteroatoms. The lowest BCUT2D eigenvalue weighted by atomic mass is 9.86. The van der Waals surface area contributed by atoms with Gasteiger partial charge in [0.2, 0.25) is 0 Å². The van der Waals surface area contributed by atoms with Crippen LogP contribution in [0.2, 0.25) is 5.02 Å². The Morgan fingerprint density at radius 1 is 1.15 bits per heavy atom. The lowest BCUT2D eigenvalue weighted by Gasteiger charge is -2.32. The molecule has 27 heavy (non-hydrogen) atoms. The van der Waals surface area contributed by atoms with Crippen LogP contribution in [0.4, 0.5) is 10.1 Å². The van der Waals surface area contributed by atoms with E-state index in [-0.39, 0.29) is 5.56 Å². The van der Waals surface area contributed by atoms with Crippen LogP contribution in [0.1, 0.15) is 31.4 Å². The highest BCUT2D eigenvalue weighted by atomic mass is 35.5. The lowest BCUT2D eigenvalue weighted by molar-refractivity contribution is -0.0407. The maximum Gasteiger partial charge on any atom is 0.164 e. The van der Waals surface area contributed by atoms with Crippen molar-refractivity contribution in [1.82, 2.24) is 4.90 Å². The molecule has 3 rings (SSSR count). The molecular formula is C21H26ClFN2O2. The molecule has 2 aromatic rings. The van der Waals surface area contributed by atoms with Gasteiger partial charge in [-0.05, 0) is 50.3 Å². The molecule has 1 heterocycles. The Bertz CT molecular complexity index is 800. The molecule has 2 N–H and O–H groups in total. The summed E-state index contributed by atoms with van der Waals surface area (Å²) in [7, 11) is 0. The lowest BCUT2D eigenvalue weighted by Crippen LogP contribution is -2.46. The van der Waals surface area contributed by atoms with Gasteiger partial charge >= 0.3 is 0 Å². The van der Waals surface area contributed by atoms with Crippen LogP contribution in [0.15, 0.2) is 42.5 Å². The van der Waals surface area contributed by atoms with Gasteiger partial charge in [-0.1, -0.05) is 43.6 Å². The second-order valence-corrected chi connectivity index (χ2v) is 7.29. The van der Waals surface area contributed by atoms with Crippen LogP contribution in [0.25, 0.3) is 0 Å². The molecule has 0 aliphatic carbocycles. The smallest absolute Gasteiger partial charge is 0.164 e. The number of benzene rings is 2. The maximum atomic E-state index is 14.5. The molecule has 2 atom stereocenters. The van der Waals surface area contributed by atoms with Crippen molar-refractivity contribution in [3.8, 4) is 0 Å². The zero-order chi connectivity index (χ0) is 19.6. The van der Waals surface area contributed by atoms with Crippen LogP contribution in [0.3, 0.4) is 0 Å². The summed E-state index contributed by atoms with van der Waals surface area (Å²) in [5, 5.41) is 22.9. The maximum absolute atomic E-state index is 14.5. The van der Waals surface area contributed by atoms with Gasteiger partial charge in [0.15, 0.2) is 11.8 Å². The molecule has 4 nitrogen and oxygen atoms in total. The van der Waals surface area contributed by atoms with Gasteiger partial charge < -0.3 is 20.0 Å². The third-order valence-electron chi connectivity index (χ3n) is 5.40. The van der Waals surface area contributed by atoms with Crippen molar-refractivity contribution in [3.63, 3.8) is 0 Å². The summed E-state index contributed by atoms with van der Waals surface area (Å²) < 4.78 is 14.5. The predicted molar refractivity (Wildman–Crippen MR) is 107 cm³/mol. The van der Waals surface area contributed by atoms with Crippen molar-refractivity contribution < 1.29 is 14.6 Å². The van der Waals surface area contributed by atoms with E-state index < -0.39 is 17.6 Å². The summed E-state index contributed by atoms with van der Waals surface area (Å²) in [5.74, 6) is -0.560. The largest absolute Gasteiger partial charge is 0.375 e. The first-order chi connectivity index (χ1) is 12.9. The van der Waals surface area contributed by atoms with Crippen molar-refractivity contribution in [2.75, 3.05) is 31.1 Å². The van der Waals surface area contributed by atoms with Gasteiger partial charge in [0.1, 0.15) is 5.82 Å². The molecule has 0 radical (unpaired) electrons. The number of aliphatic hydroxyl groups excluding tert-OH is 1. The average molecular weight is 393 g/mol. The zero-order valence-corrected chi connectivity index (χ0v) is 16.5. The predicted octanol–water partition coefficient (Wildman–Crippen LogP) is 3.59. The van der Waals surface area contributed by atoms with E-state index in [2.05, 4.69) is 18.7 Å². The van der Waals surface area contributed by atoms with Gasteiger partial charge in [-0.25, -0.2) is 4.39 Å². The highest BCUT2D eigenvalue weighted by Gasteiger charge is 2.51. The molecule has 2 unspecified atom stereocenters. The van der Waals surface area contributed by atoms with Gasteiger partial charge in [-0.3, -0.25) is 0 Å². The molecule has 0 bridgehead atoms. The molecule has 0 saturated carbocycles. The third-order valence-corrected chi connectivity index (χ3v) is 5.63. The molecule has 1 aliphatic rings. The Balaban J connectivity index is 1.96. The van der Waals surface area contributed by atoms with E-state index in [0.29, 0.717) is 22.8 Å². The Labute approximate surface area is 164 Å². The van der Waals surface area contributed by atoms with E-state index >= 15 is 0 Å². The topological polar surface area (TPSA) is 46.9 Å². The van der Waals surface area contributed by atoms with Crippen LogP contribution < -0.4 is 4.90 Å². The van der Waals surface area contributed by atoms with Crippen molar-refractivity contribution in [3.05, 3.63) is 64.4 Å². The fourth-order valence-electron chi connectivity index (χ4n) is 3.86. The summed E-state index contributed by atoms with van der Waals surface area (Å²) in [6.45, 7) is 7.58. The van der Waals surface area contributed by atoms with E-state index in [1.165, 1.54) is 12.1 Å². The minimum absolute atomic E-state index is 0.0484. The van der Waals surface area contributed by atoms with Gasteiger partial charge in [0.25, 0.3) is 0 Å². The molecule has 1 aliphatic heterocycles. The SMILES string of the molecule is CCN(CC)CCCN1c2ccc(Cl)cc2C(O)(c2ccccc2F)C1O. The Morgan fingerprint density at radius 2 is 1.85 bits per heavy atom. The number of aliphatic hydroxyl groups is 2. The Hall–Kier alpha value is -1.66. The number of rotatable bonds is 7. The number of anilines is 1. The van der Waals surface area contributed by atoms with E-state index in [0.717, 1.165) is 26.1 Å². The van der Waals surface area contributed by atoms with Gasteiger partial charge in [0, 0.05) is 28.4 Å². The molecule has 0 aromatic heterocycles. The minimum atomic E-state index is -1.87. The second kappa shape index (κ2) is 8.15. The quantitative estimate of drug-likeness (QED) is 0.756. The van der Waals surface area contributed by atoms with E-state index in [9.17, 15) is 14.6 Å². The Kier molecular flexibility index (Phi) is 6.06. The number of halogens is 2. The second-order valence-electron chi connectivity index (χ2n) is 6.86. The van der Waals surface area contributed by atoms with Gasteiger partial charge in [-0.2, -0.15) is 0 Å². The van der Waals surface area contributed by atoms with Crippen molar-refractivity contribution in [1.29, 1.82) is 0 Å². The first kappa shape index (κ1) is 20.1. The molecule has 146 valence electrons. The van der Waals surface area contributed by atoms with Crippen molar-refractivity contribution in [2.45, 2.75) is 32.1 Å². The van der Waals surface area contributed by atoms with E-state index in [1.807, 2.05) is 0 Å². The zero-order valence-electron chi connectivity index (χ0n) is 15.7. The van der Waals surface area contributed by atoms with Crippen molar-refractivity contribution >= 4 is 17.3 Å². The number of hydrogen-bond donors (Lipinski definition) is 2. The monoisotopic (exact) mass is 392 g/mol.